The number of hydrogen-bond acceptors (Lipinski definition) is 6. The Bertz CT molecular complexity index is 1410. The fourth-order valence-corrected chi connectivity index (χ4v) is 6.33. The summed E-state index contributed by atoms with van der Waals surface area (Å²) in [6, 6.07) is 20.4. The number of rotatable bonds is 7. The molecule has 0 saturated carbocycles. The van der Waals surface area contributed by atoms with Crippen molar-refractivity contribution in [3.05, 3.63) is 91.0 Å². The number of carbonyl (C=O) groups is 2. The lowest BCUT2D eigenvalue weighted by Crippen LogP contribution is -2.49. The van der Waals surface area contributed by atoms with Gasteiger partial charge in [0, 0.05) is 21.5 Å². The predicted octanol–water partition coefficient (Wildman–Crippen LogP) is 6.44. The van der Waals surface area contributed by atoms with Gasteiger partial charge in [0.15, 0.2) is 0 Å². The second-order valence-corrected chi connectivity index (χ2v) is 10.8. The highest BCUT2D eigenvalue weighted by Gasteiger charge is 2.36. The molecule has 2 aliphatic rings. The lowest BCUT2D eigenvalue weighted by Gasteiger charge is -2.40. The number of ether oxygens (including phenoxy) is 2. The normalized spacial score (nSPS) is 17.3. The third-order valence-electron chi connectivity index (χ3n) is 6.10. The molecule has 1 heterocycles. The maximum absolute atomic E-state index is 13.5. The van der Waals surface area contributed by atoms with Crippen LogP contribution >= 0.6 is 23.5 Å². The van der Waals surface area contributed by atoms with Crippen LogP contribution in [0.2, 0.25) is 0 Å². The number of hydrogen-bond donors (Lipinski definition) is 2. The SMILES string of the molecule is COc1ccc(OC)c(NC(=O)CSc2cccc(NC(=O)N3c4ccccc4SC4C=CC=CC43)c2)c1. The summed E-state index contributed by atoms with van der Waals surface area (Å²) in [5.41, 5.74) is 2.10. The molecule has 0 bridgehead atoms. The summed E-state index contributed by atoms with van der Waals surface area (Å²) >= 11 is 3.15. The van der Waals surface area contributed by atoms with Gasteiger partial charge in [-0.25, -0.2) is 4.79 Å². The maximum Gasteiger partial charge on any atom is 0.326 e. The van der Waals surface area contributed by atoms with Crippen LogP contribution in [0, 0.1) is 0 Å². The molecule has 3 amide bonds. The van der Waals surface area contributed by atoms with E-state index in [4.69, 9.17) is 9.47 Å². The Labute approximate surface area is 230 Å². The molecule has 9 heteroatoms. The van der Waals surface area contributed by atoms with Crippen molar-refractivity contribution in [3.63, 3.8) is 0 Å². The summed E-state index contributed by atoms with van der Waals surface area (Å²) in [7, 11) is 3.12. The molecule has 3 aromatic carbocycles. The topological polar surface area (TPSA) is 79.9 Å². The highest BCUT2D eigenvalue weighted by Crippen LogP contribution is 2.43. The van der Waals surface area contributed by atoms with E-state index in [0.717, 1.165) is 15.5 Å². The van der Waals surface area contributed by atoms with E-state index < -0.39 is 0 Å². The number of fused-ring (bicyclic) bond motifs is 2. The minimum absolute atomic E-state index is 0.0743. The van der Waals surface area contributed by atoms with Crippen LogP contribution in [0.3, 0.4) is 0 Å². The zero-order valence-corrected chi connectivity index (χ0v) is 22.6. The average molecular weight is 546 g/mol. The minimum atomic E-state index is -0.197. The fraction of sp³-hybridized carbons (Fsp3) is 0.172. The van der Waals surface area contributed by atoms with E-state index in [0.29, 0.717) is 22.9 Å². The fourth-order valence-electron chi connectivity index (χ4n) is 4.32. The van der Waals surface area contributed by atoms with Crippen molar-refractivity contribution in [2.24, 2.45) is 0 Å². The molecule has 0 aromatic heterocycles. The number of anilines is 3. The number of urea groups is 1. The van der Waals surface area contributed by atoms with Gasteiger partial charge in [-0.3, -0.25) is 9.69 Å². The Morgan fingerprint density at radius 3 is 2.63 bits per heavy atom. The third kappa shape index (κ3) is 5.69. The van der Waals surface area contributed by atoms with E-state index in [1.807, 2.05) is 65.6 Å². The Kier molecular flexibility index (Phi) is 7.95. The highest BCUT2D eigenvalue weighted by molar-refractivity contribution is 8.00. The van der Waals surface area contributed by atoms with E-state index in [2.05, 4.69) is 22.8 Å². The first-order valence-corrected chi connectivity index (χ1v) is 13.9. The largest absolute Gasteiger partial charge is 0.497 e. The van der Waals surface area contributed by atoms with Crippen LogP contribution in [0.1, 0.15) is 0 Å². The number of allylic oxidation sites excluding steroid dienone is 2. The lowest BCUT2D eigenvalue weighted by molar-refractivity contribution is -0.113. The highest BCUT2D eigenvalue weighted by atomic mass is 32.2. The number of benzene rings is 3. The van der Waals surface area contributed by atoms with Gasteiger partial charge in [0.05, 0.1) is 42.6 Å². The van der Waals surface area contributed by atoms with Crippen molar-refractivity contribution in [2.45, 2.75) is 21.1 Å². The van der Waals surface area contributed by atoms with Gasteiger partial charge in [0.25, 0.3) is 0 Å². The number of amides is 3. The first kappa shape index (κ1) is 25.8. The summed E-state index contributed by atoms with van der Waals surface area (Å²) in [6.07, 6.45) is 8.21. The van der Waals surface area contributed by atoms with Gasteiger partial charge in [0.2, 0.25) is 5.91 Å². The van der Waals surface area contributed by atoms with Crippen molar-refractivity contribution >= 4 is 52.5 Å². The molecule has 2 unspecified atom stereocenters. The van der Waals surface area contributed by atoms with Gasteiger partial charge < -0.3 is 20.1 Å². The van der Waals surface area contributed by atoms with E-state index >= 15 is 0 Å². The molecular weight excluding hydrogens is 518 g/mol. The van der Waals surface area contributed by atoms with Crippen LogP contribution in [-0.2, 0) is 4.79 Å². The molecule has 3 aromatic rings. The number of nitrogens with one attached hydrogen (secondary N) is 2. The van der Waals surface area contributed by atoms with Crippen LogP contribution in [0.15, 0.2) is 101 Å². The zero-order chi connectivity index (χ0) is 26.5. The van der Waals surface area contributed by atoms with Crippen LogP contribution < -0.4 is 25.0 Å². The van der Waals surface area contributed by atoms with E-state index in [9.17, 15) is 9.59 Å². The van der Waals surface area contributed by atoms with Crippen molar-refractivity contribution < 1.29 is 19.1 Å². The second-order valence-electron chi connectivity index (χ2n) is 8.54. The summed E-state index contributed by atoms with van der Waals surface area (Å²) in [4.78, 5) is 30.0. The molecule has 5 rings (SSSR count). The molecule has 7 nitrogen and oxygen atoms in total. The quantitative estimate of drug-likeness (QED) is 0.333. The van der Waals surface area contributed by atoms with Crippen molar-refractivity contribution in [3.8, 4) is 11.5 Å². The zero-order valence-electron chi connectivity index (χ0n) is 20.9. The molecule has 0 radical (unpaired) electrons. The summed E-state index contributed by atoms with van der Waals surface area (Å²) in [5.74, 6) is 1.19. The minimum Gasteiger partial charge on any atom is -0.497 e. The predicted molar refractivity (Wildman–Crippen MR) is 155 cm³/mol. The smallest absolute Gasteiger partial charge is 0.326 e. The van der Waals surface area contributed by atoms with Crippen molar-refractivity contribution in [1.29, 1.82) is 0 Å². The van der Waals surface area contributed by atoms with E-state index in [1.54, 1.807) is 44.2 Å². The lowest BCUT2D eigenvalue weighted by atomic mass is 10.1. The third-order valence-corrected chi connectivity index (χ3v) is 8.40. The van der Waals surface area contributed by atoms with Gasteiger partial charge >= 0.3 is 6.03 Å². The van der Waals surface area contributed by atoms with Crippen LogP contribution in [0.5, 0.6) is 11.5 Å². The Hall–Kier alpha value is -3.82. The average Bonchev–Trinajstić information content (AvgIpc) is 2.94. The van der Waals surface area contributed by atoms with E-state index in [1.165, 1.54) is 11.8 Å². The first-order chi connectivity index (χ1) is 18.6. The Morgan fingerprint density at radius 1 is 0.947 bits per heavy atom. The number of nitrogens with zero attached hydrogens (tertiary/aromatic N) is 1. The molecule has 0 fully saturated rings. The molecule has 1 aliphatic carbocycles. The van der Waals surface area contributed by atoms with E-state index in [-0.39, 0.29) is 29.0 Å². The molecule has 194 valence electrons. The molecule has 0 spiro atoms. The number of thioether (sulfide) groups is 2. The molecule has 2 N–H and O–H groups in total. The Balaban J connectivity index is 1.25. The van der Waals surface area contributed by atoms with Crippen LogP contribution in [0.25, 0.3) is 0 Å². The maximum atomic E-state index is 13.5. The van der Waals surface area contributed by atoms with Gasteiger partial charge in [-0.1, -0.05) is 42.5 Å². The molecule has 2 atom stereocenters. The van der Waals surface area contributed by atoms with Gasteiger partial charge in [-0.15, -0.1) is 23.5 Å². The summed E-state index contributed by atoms with van der Waals surface area (Å²) in [5, 5.41) is 6.09. The Morgan fingerprint density at radius 2 is 1.79 bits per heavy atom. The first-order valence-electron chi connectivity index (χ1n) is 12.0. The number of methoxy groups -OCH3 is 2. The standard InChI is InChI=1S/C29H27N3O4S2/c1-35-20-14-15-25(36-2)22(17-20)31-28(33)18-37-21-9-7-8-19(16-21)30-29(34)32-23-10-3-5-12-26(23)38-27-13-6-4-11-24(27)32/h3-17,23,26H,18H2,1-2H3,(H,30,34)(H,31,33). The summed E-state index contributed by atoms with van der Waals surface area (Å²) in [6.45, 7) is 0. The molecular formula is C29H27N3O4S2. The second kappa shape index (κ2) is 11.7. The number of carbonyl (C=O) groups excluding carboxylic acids is 2. The monoisotopic (exact) mass is 545 g/mol. The molecule has 0 saturated heterocycles. The van der Waals surface area contributed by atoms with Crippen molar-refractivity contribution in [2.75, 3.05) is 35.5 Å². The molecule has 38 heavy (non-hydrogen) atoms. The van der Waals surface area contributed by atoms with Crippen molar-refractivity contribution in [1.82, 2.24) is 0 Å². The van der Waals surface area contributed by atoms with Crippen LogP contribution in [0.4, 0.5) is 21.9 Å². The molecule has 1 aliphatic heterocycles. The van der Waals surface area contributed by atoms with Gasteiger partial charge in [-0.2, -0.15) is 0 Å². The van der Waals surface area contributed by atoms with Gasteiger partial charge in [-0.05, 0) is 42.5 Å². The van der Waals surface area contributed by atoms with Crippen LogP contribution in [-0.4, -0.2) is 43.2 Å². The summed E-state index contributed by atoms with van der Waals surface area (Å²) < 4.78 is 10.6. The van der Waals surface area contributed by atoms with Gasteiger partial charge in [0.1, 0.15) is 11.5 Å². The number of para-hydroxylation sites is 1.